The second kappa shape index (κ2) is 5.55. The van der Waals surface area contributed by atoms with Gasteiger partial charge in [0, 0.05) is 14.0 Å². The predicted octanol–water partition coefficient (Wildman–Crippen LogP) is -2.42. The monoisotopic (exact) mass is 235 g/mol. The zero-order valence-electron chi connectivity index (χ0n) is 9.16. The van der Waals surface area contributed by atoms with Gasteiger partial charge in [0.25, 0.3) is 0 Å². The van der Waals surface area contributed by atoms with E-state index in [4.69, 9.17) is 14.6 Å². The number of methoxy groups -OCH3 is 1. The normalized spacial score (nSPS) is 39.4. The molecule has 1 rings (SSSR count). The van der Waals surface area contributed by atoms with Gasteiger partial charge in [-0.25, -0.2) is 0 Å². The molecule has 0 saturated carbocycles. The maximum Gasteiger partial charge on any atom is 0.217 e. The molecule has 1 aliphatic heterocycles. The van der Waals surface area contributed by atoms with E-state index < -0.39 is 36.6 Å². The quantitative estimate of drug-likeness (QED) is 0.433. The smallest absolute Gasteiger partial charge is 0.217 e. The third-order valence-electron chi connectivity index (χ3n) is 2.51. The third-order valence-corrected chi connectivity index (χ3v) is 2.51. The molecule has 0 aromatic rings. The van der Waals surface area contributed by atoms with Crippen molar-refractivity contribution in [1.82, 2.24) is 5.32 Å². The molecule has 7 heteroatoms. The van der Waals surface area contributed by atoms with E-state index in [1.54, 1.807) is 0 Å². The minimum absolute atomic E-state index is 0.389. The van der Waals surface area contributed by atoms with Crippen molar-refractivity contribution in [2.75, 3.05) is 13.7 Å². The van der Waals surface area contributed by atoms with Gasteiger partial charge in [-0.05, 0) is 0 Å². The Labute approximate surface area is 93.0 Å². The lowest BCUT2D eigenvalue weighted by Gasteiger charge is -2.41. The van der Waals surface area contributed by atoms with Gasteiger partial charge in [-0.1, -0.05) is 0 Å². The number of aliphatic hydroxyl groups excluding tert-OH is 3. The standard InChI is InChI=1S/C9H17NO6/c1-4(12)10-6-7(13)8(15-2)5(3-11)16-9(6)14/h5-9,11,13-14H,3H2,1-2H3,(H,10,12)/t5?,6?,7?,8-,9-/m0/s1. The number of amides is 1. The van der Waals surface area contributed by atoms with E-state index in [1.165, 1.54) is 14.0 Å². The van der Waals surface area contributed by atoms with Crippen molar-refractivity contribution in [2.45, 2.75) is 37.6 Å². The van der Waals surface area contributed by atoms with Crippen molar-refractivity contribution < 1.29 is 29.6 Å². The number of aliphatic hydroxyl groups is 3. The van der Waals surface area contributed by atoms with Gasteiger partial charge in [0.05, 0.1) is 6.61 Å². The molecule has 1 amide bonds. The lowest BCUT2D eigenvalue weighted by molar-refractivity contribution is -0.258. The van der Waals surface area contributed by atoms with E-state index in [1.807, 2.05) is 0 Å². The molecule has 94 valence electrons. The van der Waals surface area contributed by atoms with Crippen LogP contribution >= 0.6 is 0 Å². The van der Waals surface area contributed by atoms with Crippen molar-refractivity contribution in [3.63, 3.8) is 0 Å². The Bertz CT molecular complexity index is 248. The van der Waals surface area contributed by atoms with Gasteiger partial charge in [0.1, 0.15) is 24.4 Å². The molecular formula is C9H17NO6. The molecule has 0 aliphatic carbocycles. The first-order valence-electron chi connectivity index (χ1n) is 4.93. The van der Waals surface area contributed by atoms with E-state index in [0.717, 1.165) is 0 Å². The van der Waals surface area contributed by atoms with Crippen LogP contribution in [-0.4, -0.2) is 65.6 Å². The van der Waals surface area contributed by atoms with Crippen LogP contribution in [0, 0.1) is 0 Å². The summed E-state index contributed by atoms with van der Waals surface area (Å²) in [5.41, 5.74) is 0. The molecule has 0 aromatic carbocycles. The molecule has 1 saturated heterocycles. The zero-order chi connectivity index (χ0) is 12.3. The van der Waals surface area contributed by atoms with Crippen LogP contribution in [0.1, 0.15) is 6.92 Å². The van der Waals surface area contributed by atoms with Crippen molar-refractivity contribution in [3.05, 3.63) is 0 Å². The highest BCUT2D eigenvalue weighted by Crippen LogP contribution is 2.21. The fourth-order valence-electron chi connectivity index (χ4n) is 1.76. The molecule has 0 bridgehead atoms. The van der Waals surface area contributed by atoms with Crippen molar-refractivity contribution in [1.29, 1.82) is 0 Å². The topological polar surface area (TPSA) is 108 Å². The minimum atomic E-state index is -1.37. The van der Waals surface area contributed by atoms with Gasteiger partial charge in [0.2, 0.25) is 5.91 Å². The highest BCUT2D eigenvalue weighted by atomic mass is 16.6. The molecule has 0 spiro atoms. The molecule has 16 heavy (non-hydrogen) atoms. The summed E-state index contributed by atoms with van der Waals surface area (Å²) >= 11 is 0. The van der Waals surface area contributed by atoms with Crippen LogP contribution in [0.3, 0.4) is 0 Å². The Hall–Kier alpha value is -0.730. The van der Waals surface area contributed by atoms with E-state index in [2.05, 4.69) is 5.32 Å². The minimum Gasteiger partial charge on any atom is -0.394 e. The van der Waals surface area contributed by atoms with E-state index in [0.29, 0.717) is 0 Å². The second-order valence-electron chi connectivity index (χ2n) is 3.66. The highest BCUT2D eigenvalue weighted by Gasteiger charge is 2.44. The number of nitrogens with one attached hydrogen (secondary N) is 1. The SMILES string of the molecule is CO[C@H]1C(CO)O[C@H](O)C(NC(C)=O)C1O. The molecular weight excluding hydrogens is 218 g/mol. The number of hydrogen-bond donors (Lipinski definition) is 4. The lowest BCUT2D eigenvalue weighted by atomic mass is 9.97. The van der Waals surface area contributed by atoms with Crippen molar-refractivity contribution in [3.8, 4) is 0 Å². The summed E-state index contributed by atoms with van der Waals surface area (Å²) in [5.74, 6) is -0.399. The largest absolute Gasteiger partial charge is 0.394 e. The summed E-state index contributed by atoms with van der Waals surface area (Å²) in [6.45, 7) is 0.874. The third kappa shape index (κ3) is 2.69. The number of carbonyl (C=O) groups excluding carboxylic acids is 1. The molecule has 0 aromatic heterocycles. The maximum atomic E-state index is 10.9. The highest BCUT2D eigenvalue weighted by molar-refractivity contribution is 5.73. The van der Waals surface area contributed by atoms with Crippen LogP contribution in [0.2, 0.25) is 0 Å². The first kappa shape index (κ1) is 13.3. The molecule has 4 N–H and O–H groups in total. The Morgan fingerprint density at radius 3 is 2.56 bits per heavy atom. The van der Waals surface area contributed by atoms with E-state index in [-0.39, 0.29) is 6.61 Å². The Kier molecular flexibility index (Phi) is 4.63. The number of carbonyl (C=O) groups is 1. The molecule has 7 nitrogen and oxygen atoms in total. The second-order valence-corrected chi connectivity index (χ2v) is 3.66. The molecule has 1 heterocycles. The van der Waals surface area contributed by atoms with Gasteiger partial charge in [-0.2, -0.15) is 0 Å². The van der Waals surface area contributed by atoms with Crippen LogP contribution in [0.4, 0.5) is 0 Å². The van der Waals surface area contributed by atoms with Crippen molar-refractivity contribution in [2.24, 2.45) is 0 Å². The van der Waals surface area contributed by atoms with Gasteiger partial charge in [-0.3, -0.25) is 4.79 Å². The first-order chi connectivity index (χ1) is 7.51. The van der Waals surface area contributed by atoms with Gasteiger partial charge < -0.3 is 30.1 Å². The predicted molar refractivity (Wildman–Crippen MR) is 52.4 cm³/mol. The van der Waals surface area contributed by atoms with Crippen LogP contribution in [0.25, 0.3) is 0 Å². The van der Waals surface area contributed by atoms with Gasteiger partial charge >= 0.3 is 0 Å². The molecule has 0 radical (unpaired) electrons. The van der Waals surface area contributed by atoms with E-state index >= 15 is 0 Å². The first-order valence-corrected chi connectivity index (χ1v) is 4.93. The zero-order valence-corrected chi connectivity index (χ0v) is 9.16. The summed E-state index contributed by atoms with van der Waals surface area (Å²) < 4.78 is 10.00. The molecule has 1 aliphatic rings. The Balaban J connectivity index is 2.76. The van der Waals surface area contributed by atoms with Crippen LogP contribution in [0.15, 0.2) is 0 Å². The lowest BCUT2D eigenvalue weighted by Crippen LogP contribution is -2.64. The van der Waals surface area contributed by atoms with Gasteiger partial charge in [0.15, 0.2) is 6.29 Å². The summed E-state index contributed by atoms with van der Waals surface area (Å²) in [5, 5.41) is 30.7. The summed E-state index contributed by atoms with van der Waals surface area (Å²) in [4.78, 5) is 10.9. The van der Waals surface area contributed by atoms with Crippen LogP contribution in [-0.2, 0) is 14.3 Å². The maximum absolute atomic E-state index is 10.9. The molecule has 3 unspecified atom stereocenters. The number of rotatable bonds is 3. The fourth-order valence-corrected chi connectivity index (χ4v) is 1.76. The van der Waals surface area contributed by atoms with Gasteiger partial charge in [-0.15, -0.1) is 0 Å². The van der Waals surface area contributed by atoms with Crippen molar-refractivity contribution >= 4 is 5.91 Å². The average Bonchev–Trinajstić information content (AvgIpc) is 2.23. The Morgan fingerprint density at radius 1 is 1.50 bits per heavy atom. The fraction of sp³-hybridized carbons (Fsp3) is 0.889. The Morgan fingerprint density at radius 2 is 2.12 bits per heavy atom. The van der Waals surface area contributed by atoms with E-state index in [9.17, 15) is 15.0 Å². The molecule has 5 atom stereocenters. The summed E-state index contributed by atoms with van der Waals surface area (Å²) in [7, 11) is 1.35. The summed E-state index contributed by atoms with van der Waals surface area (Å²) in [6.07, 6.45) is -4.14. The number of hydrogen-bond acceptors (Lipinski definition) is 6. The summed E-state index contributed by atoms with van der Waals surface area (Å²) in [6, 6.07) is -0.967. The van der Waals surface area contributed by atoms with Crippen LogP contribution in [0.5, 0.6) is 0 Å². The van der Waals surface area contributed by atoms with Crippen LogP contribution < -0.4 is 5.32 Å². The number of ether oxygens (including phenoxy) is 2. The average molecular weight is 235 g/mol. The molecule has 1 fully saturated rings.